The van der Waals surface area contributed by atoms with Crippen molar-refractivity contribution in [3.63, 3.8) is 0 Å². The zero-order valence-electron chi connectivity index (χ0n) is 13.4. The predicted molar refractivity (Wildman–Crippen MR) is 92.7 cm³/mol. The fourth-order valence-electron chi connectivity index (χ4n) is 2.38. The van der Waals surface area contributed by atoms with Crippen molar-refractivity contribution in [3.05, 3.63) is 66.7 Å². The highest BCUT2D eigenvalue weighted by atomic mass is 16.6. The molecule has 4 nitrogen and oxygen atoms in total. The Labute approximate surface area is 140 Å². The highest BCUT2D eigenvalue weighted by Gasteiger charge is 2.09. The molecule has 0 atom stereocenters. The van der Waals surface area contributed by atoms with Gasteiger partial charge in [-0.2, -0.15) is 0 Å². The largest absolute Gasteiger partial charge is 0.494 e. The number of carbonyl (C=O) groups excluding carboxylic acids is 1. The van der Waals surface area contributed by atoms with Crippen LogP contribution in [0.4, 0.5) is 0 Å². The molecule has 0 spiro atoms. The van der Waals surface area contributed by atoms with Crippen molar-refractivity contribution in [2.75, 3.05) is 13.2 Å². The van der Waals surface area contributed by atoms with Gasteiger partial charge in [0.15, 0.2) is 6.61 Å². The third-order valence-corrected chi connectivity index (χ3v) is 3.46. The maximum Gasteiger partial charge on any atom is 0.349 e. The number of hydrogen-bond donors (Lipinski definition) is 0. The molecule has 0 N–H and O–H groups in total. The topological polar surface area (TPSA) is 44.8 Å². The van der Waals surface area contributed by atoms with Gasteiger partial charge in [0.1, 0.15) is 17.2 Å². The molecule has 0 aliphatic carbocycles. The normalized spacial score (nSPS) is 10.4. The molecule has 0 unspecified atom stereocenters. The van der Waals surface area contributed by atoms with Gasteiger partial charge in [-0.25, -0.2) is 4.79 Å². The molecular weight excluding hydrogens is 304 g/mol. The first-order valence-corrected chi connectivity index (χ1v) is 7.80. The average molecular weight is 322 g/mol. The molecule has 0 aliphatic rings. The first-order valence-electron chi connectivity index (χ1n) is 7.80. The summed E-state index contributed by atoms with van der Waals surface area (Å²) in [5, 5.41) is 1.92. The second kappa shape index (κ2) is 7.51. The highest BCUT2D eigenvalue weighted by Crippen LogP contribution is 2.25. The van der Waals surface area contributed by atoms with E-state index in [4.69, 9.17) is 14.2 Å². The quantitative estimate of drug-likeness (QED) is 0.503. The first-order chi connectivity index (χ1) is 11.8. The number of carbonyl (C=O) groups is 1. The van der Waals surface area contributed by atoms with Crippen LogP contribution in [0.5, 0.6) is 17.2 Å². The van der Waals surface area contributed by atoms with E-state index in [0.717, 1.165) is 16.5 Å². The van der Waals surface area contributed by atoms with E-state index < -0.39 is 5.97 Å². The number of fused-ring (bicyclic) bond motifs is 1. The van der Waals surface area contributed by atoms with Crippen molar-refractivity contribution in [1.82, 2.24) is 0 Å². The predicted octanol–water partition coefficient (Wildman–Crippen LogP) is 4.22. The van der Waals surface area contributed by atoms with Gasteiger partial charge in [-0.15, -0.1) is 0 Å². The standard InChI is InChI=1S/C20H18O4/c1-2-22-16-10-12-17(13-11-16)23-14-20(21)24-19-9-5-7-15-6-3-4-8-18(15)19/h3-13H,2,14H2,1H3. The van der Waals surface area contributed by atoms with Crippen molar-refractivity contribution in [2.24, 2.45) is 0 Å². The van der Waals surface area contributed by atoms with Crippen LogP contribution in [0, 0.1) is 0 Å². The van der Waals surface area contributed by atoms with Crippen LogP contribution in [0.1, 0.15) is 6.92 Å². The van der Waals surface area contributed by atoms with Crippen molar-refractivity contribution in [3.8, 4) is 17.2 Å². The molecule has 0 bridgehead atoms. The Morgan fingerprint density at radius 3 is 2.25 bits per heavy atom. The van der Waals surface area contributed by atoms with Crippen LogP contribution in [-0.4, -0.2) is 19.2 Å². The number of ether oxygens (including phenoxy) is 3. The third-order valence-electron chi connectivity index (χ3n) is 3.46. The second-order valence-electron chi connectivity index (χ2n) is 5.14. The van der Waals surface area contributed by atoms with Crippen LogP contribution in [-0.2, 0) is 4.79 Å². The van der Waals surface area contributed by atoms with E-state index in [1.807, 2.05) is 43.3 Å². The molecule has 0 fully saturated rings. The Morgan fingerprint density at radius 1 is 0.833 bits per heavy atom. The lowest BCUT2D eigenvalue weighted by molar-refractivity contribution is -0.136. The summed E-state index contributed by atoms with van der Waals surface area (Å²) in [6.45, 7) is 2.38. The van der Waals surface area contributed by atoms with Gasteiger partial charge in [0.25, 0.3) is 0 Å². The summed E-state index contributed by atoms with van der Waals surface area (Å²) >= 11 is 0. The zero-order valence-corrected chi connectivity index (χ0v) is 13.4. The van der Waals surface area contributed by atoms with Crippen LogP contribution in [0.15, 0.2) is 66.7 Å². The summed E-state index contributed by atoms with van der Waals surface area (Å²) in [7, 11) is 0. The third kappa shape index (κ3) is 3.84. The molecule has 0 saturated carbocycles. The average Bonchev–Trinajstić information content (AvgIpc) is 2.62. The first kappa shape index (κ1) is 15.9. The summed E-state index contributed by atoms with van der Waals surface area (Å²) in [6, 6.07) is 20.5. The minimum atomic E-state index is -0.444. The molecular formula is C20H18O4. The van der Waals surface area contributed by atoms with Crippen molar-refractivity contribution in [2.45, 2.75) is 6.92 Å². The van der Waals surface area contributed by atoms with E-state index in [2.05, 4.69) is 0 Å². The van der Waals surface area contributed by atoms with E-state index >= 15 is 0 Å². The maximum atomic E-state index is 12.0. The Bertz CT molecular complexity index is 819. The van der Waals surface area contributed by atoms with Crippen LogP contribution in [0.3, 0.4) is 0 Å². The number of hydrogen-bond acceptors (Lipinski definition) is 4. The number of esters is 1. The Hall–Kier alpha value is -3.01. The Morgan fingerprint density at radius 2 is 1.50 bits per heavy atom. The van der Waals surface area contributed by atoms with Crippen LogP contribution >= 0.6 is 0 Å². The summed E-state index contributed by atoms with van der Waals surface area (Å²) in [6.07, 6.45) is 0. The molecule has 0 amide bonds. The van der Waals surface area contributed by atoms with E-state index in [1.165, 1.54) is 0 Å². The van der Waals surface area contributed by atoms with Gasteiger partial charge >= 0.3 is 5.97 Å². The lowest BCUT2D eigenvalue weighted by Gasteiger charge is -2.09. The van der Waals surface area contributed by atoms with Gasteiger partial charge in [0, 0.05) is 5.39 Å². The molecule has 122 valence electrons. The monoisotopic (exact) mass is 322 g/mol. The van der Waals surface area contributed by atoms with Gasteiger partial charge < -0.3 is 14.2 Å². The summed E-state index contributed by atoms with van der Waals surface area (Å²) in [5.41, 5.74) is 0. The second-order valence-corrected chi connectivity index (χ2v) is 5.14. The Kier molecular flexibility index (Phi) is 4.96. The van der Waals surface area contributed by atoms with Crippen LogP contribution in [0.25, 0.3) is 10.8 Å². The molecule has 0 radical (unpaired) electrons. The maximum absolute atomic E-state index is 12.0. The summed E-state index contributed by atoms with van der Waals surface area (Å²) in [4.78, 5) is 12.0. The van der Waals surface area contributed by atoms with Crippen molar-refractivity contribution < 1.29 is 19.0 Å². The smallest absolute Gasteiger partial charge is 0.349 e. The lowest BCUT2D eigenvalue weighted by atomic mass is 10.1. The number of rotatable bonds is 6. The molecule has 0 heterocycles. The van der Waals surface area contributed by atoms with Gasteiger partial charge in [0.05, 0.1) is 6.61 Å². The SMILES string of the molecule is CCOc1ccc(OCC(=O)Oc2cccc3ccccc23)cc1. The Balaban J connectivity index is 1.61. The van der Waals surface area contributed by atoms with Gasteiger partial charge in [-0.3, -0.25) is 0 Å². The van der Waals surface area contributed by atoms with E-state index in [-0.39, 0.29) is 6.61 Å². The molecule has 24 heavy (non-hydrogen) atoms. The molecule has 0 aromatic heterocycles. The molecule has 3 rings (SSSR count). The van der Waals surface area contributed by atoms with Gasteiger partial charge in [-0.1, -0.05) is 36.4 Å². The minimum Gasteiger partial charge on any atom is -0.494 e. The lowest BCUT2D eigenvalue weighted by Crippen LogP contribution is -2.17. The highest BCUT2D eigenvalue weighted by molar-refractivity contribution is 5.90. The van der Waals surface area contributed by atoms with Gasteiger partial charge in [0.2, 0.25) is 0 Å². The van der Waals surface area contributed by atoms with E-state index in [9.17, 15) is 4.79 Å². The number of benzene rings is 3. The molecule has 3 aromatic rings. The molecule has 0 aliphatic heterocycles. The zero-order chi connectivity index (χ0) is 16.8. The van der Waals surface area contributed by atoms with E-state index in [1.54, 1.807) is 30.3 Å². The molecule has 3 aromatic carbocycles. The fourth-order valence-corrected chi connectivity index (χ4v) is 2.38. The van der Waals surface area contributed by atoms with Crippen molar-refractivity contribution in [1.29, 1.82) is 0 Å². The molecule has 4 heteroatoms. The van der Waals surface area contributed by atoms with Gasteiger partial charge in [-0.05, 0) is 42.6 Å². The van der Waals surface area contributed by atoms with Crippen LogP contribution < -0.4 is 14.2 Å². The van der Waals surface area contributed by atoms with Crippen molar-refractivity contribution >= 4 is 16.7 Å². The fraction of sp³-hybridized carbons (Fsp3) is 0.150. The summed E-state index contributed by atoms with van der Waals surface area (Å²) in [5.74, 6) is 1.45. The van der Waals surface area contributed by atoms with Crippen LogP contribution in [0.2, 0.25) is 0 Å². The minimum absolute atomic E-state index is 0.156. The molecule has 0 saturated heterocycles. The summed E-state index contributed by atoms with van der Waals surface area (Å²) < 4.78 is 16.2. The van der Waals surface area contributed by atoms with E-state index in [0.29, 0.717) is 18.1 Å².